The number of aromatic carboxylic acids is 1. The summed E-state index contributed by atoms with van der Waals surface area (Å²) in [5.74, 6) is -0.215. The lowest BCUT2D eigenvalue weighted by Crippen LogP contribution is -2.24. The fraction of sp³-hybridized carbons (Fsp3) is 0.500. The quantitative estimate of drug-likeness (QED) is 0.750. The van der Waals surface area contributed by atoms with Crippen molar-refractivity contribution in [2.24, 2.45) is 0 Å². The van der Waals surface area contributed by atoms with Crippen LogP contribution < -0.4 is 4.72 Å². The van der Waals surface area contributed by atoms with E-state index in [-0.39, 0.29) is 9.09 Å². The molecular formula is C10H15NO4S3. The summed E-state index contributed by atoms with van der Waals surface area (Å²) in [4.78, 5) is 10.9. The number of aryl methyl sites for hydroxylation is 1. The highest BCUT2D eigenvalue weighted by Crippen LogP contribution is 2.25. The molecule has 0 fully saturated rings. The first-order valence-corrected chi connectivity index (χ1v) is 8.90. The monoisotopic (exact) mass is 309 g/mol. The molecule has 1 aromatic heterocycles. The van der Waals surface area contributed by atoms with Gasteiger partial charge in [-0.1, -0.05) is 0 Å². The predicted molar refractivity (Wildman–Crippen MR) is 74.2 cm³/mol. The molecule has 0 aliphatic heterocycles. The van der Waals surface area contributed by atoms with Gasteiger partial charge in [-0.25, -0.2) is 17.9 Å². The van der Waals surface area contributed by atoms with Crippen LogP contribution in [0.3, 0.4) is 0 Å². The lowest BCUT2D eigenvalue weighted by atomic mass is 10.3. The van der Waals surface area contributed by atoms with Gasteiger partial charge in [-0.3, -0.25) is 0 Å². The lowest BCUT2D eigenvalue weighted by molar-refractivity contribution is 0.0701. The van der Waals surface area contributed by atoms with Crippen LogP contribution in [0.4, 0.5) is 0 Å². The molecule has 2 N–H and O–H groups in total. The number of nitrogens with one attached hydrogen (secondary N) is 1. The van der Waals surface area contributed by atoms with Crippen LogP contribution in [0.15, 0.2) is 10.3 Å². The fourth-order valence-corrected chi connectivity index (χ4v) is 4.22. The lowest BCUT2D eigenvalue weighted by Gasteiger charge is -2.03. The average molecular weight is 309 g/mol. The third kappa shape index (κ3) is 3.98. The van der Waals surface area contributed by atoms with E-state index in [1.165, 1.54) is 6.07 Å². The minimum atomic E-state index is -3.58. The van der Waals surface area contributed by atoms with Crippen LogP contribution in [0.1, 0.15) is 21.7 Å². The SMILES string of the molecule is CSCCCNS(=O)(=O)c1cc(C)c(C(=O)O)s1. The molecule has 0 unspecified atom stereocenters. The number of hydrogen-bond acceptors (Lipinski definition) is 5. The molecule has 5 nitrogen and oxygen atoms in total. The molecule has 102 valence electrons. The molecule has 0 aliphatic rings. The highest BCUT2D eigenvalue weighted by atomic mass is 32.2. The van der Waals surface area contributed by atoms with Crippen molar-refractivity contribution >= 4 is 39.1 Å². The topological polar surface area (TPSA) is 83.5 Å². The van der Waals surface area contributed by atoms with Crippen LogP contribution in [0, 0.1) is 6.92 Å². The highest BCUT2D eigenvalue weighted by Gasteiger charge is 2.21. The van der Waals surface area contributed by atoms with Gasteiger partial charge in [-0.15, -0.1) is 11.3 Å². The zero-order valence-electron chi connectivity index (χ0n) is 10.1. The molecule has 1 aromatic rings. The summed E-state index contributed by atoms with van der Waals surface area (Å²) in [6.07, 6.45) is 2.70. The molecule has 0 atom stereocenters. The summed E-state index contributed by atoms with van der Waals surface area (Å²) in [5, 5.41) is 8.88. The number of sulfonamides is 1. The third-order valence-corrected chi connectivity index (χ3v) is 6.03. The van der Waals surface area contributed by atoms with E-state index in [1.54, 1.807) is 18.7 Å². The molecule has 0 radical (unpaired) electrons. The Morgan fingerprint density at radius 3 is 2.72 bits per heavy atom. The minimum absolute atomic E-state index is 0.0570. The van der Waals surface area contributed by atoms with Gasteiger partial charge in [0, 0.05) is 6.54 Å². The van der Waals surface area contributed by atoms with Gasteiger partial charge in [-0.2, -0.15) is 11.8 Å². The zero-order valence-corrected chi connectivity index (χ0v) is 12.5. The molecule has 0 spiro atoms. The van der Waals surface area contributed by atoms with E-state index in [9.17, 15) is 13.2 Å². The maximum Gasteiger partial charge on any atom is 0.346 e. The molecule has 18 heavy (non-hydrogen) atoms. The van der Waals surface area contributed by atoms with E-state index < -0.39 is 16.0 Å². The second-order valence-corrected chi connectivity index (χ2v) is 7.66. The van der Waals surface area contributed by atoms with E-state index in [4.69, 9.17) is 5.11 Å². The molecule has 0 aromatic carbocycles. The summed E-state index contributed by atoms with van der Waals surface area (Å²) in [6.45, 7) is 1.95. The number of hydrogen-bond donors (Lipinski definition) is 2. The van der Waals surface area contributed by atoms with Gasteiger partial charge in [0.1, 0.15) is 9.09 Å². The Kier molecular flexibility index (Phi) is 5.64. The van der Waals surface area contributed by atoms with E-state index in [1.807, 2.05) is 6.26 Å². The number of carbonyl (C=O) groups is 1. The second kappa shape index (κ2) is 6.55. The van der Waals surface area contributed by atoms with E-state index in [0.717, 1.165) is 23.5 Å². The maximum atomic E-state index is 11.9. The van der Waals surface area contributed by atoms with E-state index >= 15 is 0 Å². The number of carboxylic acid groups (broad SMARTS) is 1. The van der Waals surface area contributed by atoms with Crippen molar-refractivity contribution in [1.82, 2.24) is 4.72 Å². The molecule has 0 amide bonds. The Bertz CT molecular complexity index is 521. The van der Waals surface area contributed by atoms with Crippen LogP contribution in [-0.2, 0) is 10.0 Å². The van der Waals surface area contributed by atoms with Gasteiger partial charge in [-0.05, 0) is 37.0 Å². The Balaban J connectivity index is 2.79. The van der Waals surface area contributed by atoms with Gasteiger partial charge >= 0.3 is 5.97 Å². The summed E-state index contributed by atoms with van der Waals surface area (Å²) in [6, 6.07) is 1.39. The highest BCUT2D eigenvalue weighted by molar-refractivity contribution is 7.98. The first-order valence-electron chi connectivity index (χ1n) is 5.21. The molecular weight excluding hydrogens is 294 g/mol. The maximum absolute atomic E-state index is 11.9. The van der Waals surface area contributed by atoms with Crippen molar-refractivity contribution in [3.63, 3.8) is 0 Å². The normalized spacial score (nSPS) is 11.7. The third-order valence-electron chi connectivity index (χ3n) is 2.17. The number of rotatable bonds is 7. The average Bonchev–Trinajstić information content (AvgIpc) is 2.68. The van der Waals surface area contributed by atoms with Gasteiger partial charge in [0.2, 0.25) is 10.0 Å². The zero-order chi connectivity index (χ0) is 13.8. The molecule has 0 saturated heterocycles. The van der Waals surface area contributed by atoms with Crippen molar-refractivity contribution in [2.75, 3.05) is 18.6 Å². The Morgan fingerprint density at radius 1 is 1.56 bits per heavy atom. The van der Waals surface area contributed by atoms with Crippen LogP contribution in [0.25, 0.3) is 0 Å². The molecule has 0 aliphatic carbocycles. The first kappa shape index (κ1) is 15.5. The largest absolute Gasteiger partial charge is 0.477 e. The molecule has 8 heteroatoms. The first-order chi connectivity index (χ1) is 8.38. The van der Waals surface area contributed by atoms with E-state index in [0.29, 0.717) is 12.1 Å². The summed E-state index contributed by atoms with van der Waals surface area (Å²) in [5.41, 5.74) is 0.469. The molecule has 1 rings (SSSR count). The molecule has 0 saturated carbocycles. The summed E-state index contributed by atoms with van der Waals surface area (Å²) < 4.78 is 26.3. The van der Waals surface area contributed by atoms with Gasteiger partial charge in [0.15, 0.2) is 0 Å². The van der Waals surface area contributed by atoms with Gasteiger partial charge in [0.25, 0.3) is 0 Å². The molecule has 1 heterocycles. The number of thiophene rings is 1. The van der Waals surface area contributed by atoms with Crippen LogP contribution in [0.2, 0.25) is 0 Å². The Morgan fingerprint density at radius 2 is 2.22 bits per heavy atom. The number of thioether (sulfide) groups is 1. The number of carboxylic acids is 1. The minimum Gasteiger partial charge on any atom is -0.477 e. The van der Waals surface area contributed by atoms with Gasteiger partial charge < -0.3 is 5.11 Å². The van der Waals surface area contributed by atoms with Crippen molar-refractivity contribution in [3.05, 3.63) is 16.5 Å². The summed E-state index contributed by atoms with van der Waals surface area (Å²) >= 11 is 2.43. The van der Waals surface area contributed by atoms with E-state index in [2.05, 4.69) is 4.72 Å². The van der Waals surface area contributed by atoms with Crippen LogP contribution >= 0.6 is 23.1 Å². The van der Waals surface area contributed by atoms with Crippen LogP contribution in [0.5, 0.6) is 0 Å². The molecule has 0 bridgehead atoms. The Labute approximate surface area is 115 Å². The van der Waals surface area contributed by atoms with Crippen molar-refractivity contribution in [1.29, 1.82) is 0 Å². The summed E-state index contributed by atoms with van der Waals surface area (Å²) in [7, 11) is -3.58. The predicted octanol–water partition coefficient (Wildman–Crippen LogP) is 1.79. The smallest absolute Gasteiger partial charge is 0.346 e. The van der Waals surface area contributed by atoms with Crippen LogP contribution in [-0.4, -0.2) is 38.0 Å². The fourth-order valence-electron chi connectivity index (χ4n) is 1.29. The standard InChI is InChI=1S/C10H15NO4S3/c1-7-6-8(17-9(7)10(12)13)18(14,15)11-4-3-5-16-2/h6,11H,3-5H2,1-2H3,(H,12,13). The van der Waals surface area contributed by atoms with Crippen molar-refractivity contribution in [3.8, 4) is 0 Å². The van der Waals surface area contributed by atoms with Crippen molar-refractivity contribution < 1.29 is 18.3 Å². The second-order valence-electron chi connectivity index (χ2n) is 3.63. The van der Waals surface area contributed by atoms with Gasteiger partial charge in [0.05, 0.1) is 0 Å². The Hall–Kier alpha value is -0.570. The van der Waals surface area contributed by atoms with Crippen molar-refractivity contribution in [2.45, 2.75) is 17.6 Å².